The van der Waals surface area contributed by atoms with Crippen LogP contribution in [0.25, 0.3) is 10.2 Å². The molecule has 0 saturated heterocycles. The summed E-state index contributed by atoms with van der Waals surface area (Å²) in [5.41, 5.74) is 7.48. The highest BCUT2D eigenvalue weighted by Gasteiger charge is 2.30. The predicted octanol–water partition coefficient (Wildman–Crippen LogP) is 2.72. The molecular formula is C15H16N6S. The fourth-order valence-corrected chi connectivity index (χ4v) is 3.56. The van der Waals surface area contributed by atoms with Crippen molar-refractivity contribution in [2.24, 2.45) is 0 Å². The van der Waals surface area contributed by atoms with Crippen LogP contribution >= 0.6 is 11.3 Å². The molecule has 1 aliphatic rings. The lowest BCUT2D eigenvalue weighted by Crippen LogP contribution is -2.43. The molecule has 0 amide bonds. The van der Waals surface area contributed by atoms with E-state index < -0.39 is 0 Å². The Balaban J connectivity index is 1.35. The van der Waals surface area contributed by atoms with Gasteiger partial charge in [0, 0.05) is 12.1 Å². The lowest BCUT2D eigenvalue weighted by molar-refractivity contribution is 0.396. The van der Waals surface area contributed by atoms with Gasteiger partial charge in [-0.3, -0.25) is 0 Å². The zero-order valence-corrected chi connectivity index (χ0v) is 12.7. The molecule has 0 radical (unpaired) electrons. The Hall–Kier alpha value is -2.41. The van der Waals surface area contributed by atoms with Gasteiger partial charge >= 0.3 is 0 Å². The third-order valence-electron chi connectivity index (χ3n) is 3.84. The number of hydrogen-bond donors (Lipinski definition) is 3. The number of nitrogens with two attached hydrogens (primary N) is 1. The van der Waals surface area contributed by atoms with Crippen LogP contribution in [-0.2, 0) is 0 Å². The molecule has 1 aromatic carbocycles. The summed E-state index contributed by atoms with van der Waals surface area (Å²) in [5.74, 6) is 0.721. The van der Waals surface area contributed by atoms with E-state index in [1.807, 2.05) is 18.2 Å². The summed E-state index contributed by atoms with van der Waals surface area (Å²) in [6.07, 6.45) is 5.18. The Kier molecular flexibility index (Phi) is 3.27. The molecule has 1 aliphatic carbocycles. The normalized spacial score (nSPS) is 20.5. The van der Waals surface area contributed by atoms with Crippen LogP contribution in [-0.4, -0.2) is 27.0 Å². The van der Waals surface area contributed by atoms with E-state index in [-0.39, 0.29) is 0 Å². The van der Waals surface area contributed by atoms with Crippen LogP contribution < -0.4 is 16.4 Å². The quantitative estimate of drug-likeness (QED) is 0.686. The second-order valence-electron chi connectivity index (χ2n) is 5.47. The molecule has 7 heteroatoms. The van der Waals surface area contributed by atoms with Gasteiger partial charge < -0.3 is 16.4 Å². The molecule has 22 heavy (non-hydrogen) atoms. The minimum absolute atomic E-state index is 0.393. The Morgan fingerprint density at radius 2 is 1.95 bits per heavy atom. The summed E-state index contributed by atoms with van der Waals surface area (Å²) in [6.45, 7) is 0. The van der Waals surface area contributed by atoms with Crippen LogP contribution in [0.15, 0.2) is 36.8 Å². The monoisotopic (exact) mass is 312 g/mol. The van der Waals surface area contributed by atoms with Gasteiger partial charge in [-0.1, -0.05) is 23.5 Å². The number of nitrogens with one attached hydrogen (secondary N) is 2. The molecule has 2 heterocycles. The molecule has 0 spiro atoms. The van der Waals surface area contributed by atoms with Crippen molar-refractivity contribution in [3.05, 3.63) is 36.8 Å². The molecule has 1 fully saturated rings. The Bertz CT molecular complexity index is 762. The summed E-state index contributed by atoms with van der Waals surface area (Å²) in [5, 5.41) is 7.85. The van der Waals surface area contributed by atoms with Crippen molar-refractivity contribution in [3.8, 4) is 0 Å². The van der Waals surface area contributed by atoms with E-state index in [2.05, 4.69) is 31.7 Å². The van der Waals surface area contributed by atoms with Gasteiger partial charge in [0.25, 0.3) is 0 Å². The smallest absolute Gasteiger partial charge is 0.184 e. The molecule has 4 rings (SSSR count). The van der Waals surface area contributed by atoms with Crippen molar-refractivity contribution < 1.29 is 0 Å². The standard InChI is InChI=1S/C15H16N6S/c16-11-7-17-8-18-14(11)19-9-5-10(6-9)20-15-21-12-3-1-2-4-13(12)22-15/h1-4,7-10H,5-6,16H2,(H,20,21)(H,17,18,19)/t9-,10-. The maximum absolute atomic E-state index is 5.84. The molecule has 2 aromatic heterocycles. The minimum Gasteiger partial charge on any atom is -0.394 e. The van der Waals surface area contributed by atoms with E-state index in [9.17, 15) is 0 Å². The van der Waals surface area contributed by atoms with E-state index in [1.54, 1.807) is 17.5 Å². The van der Waals surface area contributed by atoms with Crippen LogP contribution in [0.2, 0.25) is 0 Å². The van der Waals surface area contributed by atoms with E-state index >= 15 is 0 Å². The summed E-state index contributed by atoms with van der Waals surface area (Å²) < 4.78 is 1.22. The van der Waals surface area contributed by atoms with E-state index in [4.69, 9.17) is 5.73 Å². The summed E-state index contributed by atoms with van der Waals surface area (Å²) >= 11 is 1.70. The number of rotatable bonds is 4. The Morgan fingerprint density at radius 3 is 2.77 bits per heavy atom. The maximum atomic E-state index is 5.84. The Labute approximate surface area is 131 Å². The van der Waals surface area contributed by atoms with Crippen molar-refractivity contribution in [1.29, 1.82) is 0 Å². The third kappa shape index (κ3) is 2.55. The molecule has 6 nitrogen and oxygen atoms in total. The highest BCUT2D eigenvalue weighted by atomic mass is 32.1. The van der Waals surface area contributed by atoms with Gasteiger partial charge in [0.2, 0.25) is 0 Å². The van der Waals surface area contributed by atoms with E-state index in [1.165, 1.54) is 11.0 Å². The van der Waals surface area contributed by atoms with Crippen molar-refractivity contribution in [3.63, 3.8) is 0 Å². The molecule has 4 N–H and O–H groups in total. The lowest BCUT2D eigenvalue weighted by Gasteiger charge is -2.36. The van der Waals surface area contributed by atoms with Crippen molar-refractivity contribution >= 4 is 38.2 Å². The minimum atomic E-state index is 0.393. The van der Waals surface area contributed by atoms with E-state index in [0.717, 1.165) is 29.3 Å². The fraction of sp³-hybridized carbons (Fsp3) is 0.267. The van der Waals surface area contributed by atoms with Crippen molar-refractivity contribution in [2.45, 2.75) is 24.9 Å². The molecule has 0 unspecified atom stereocenters. The van der Waals surface area contributed by atoms with Crippen molar-refractivity contribution in [2.75, 3.05) is 16.4 Å². The van der Waals surface area contributed by atoms with Crippen molar-refractivity contribution in [1.82, 2.24) is 15.0 Å². The van der Waals surface area contributed by atoms with Gasteiger partial charge in [0.15, 0.2) is 10.9 Å². The van der Waals surface area contributed by atoms with Gasteiger partial charge in [-0.05, 0) is 25.0 Å². The number of hydrogen-bond acceptors (Lipinski definition) is 7. The van der Waals surface area contributed by atoms with Gasteiger partial charge in [-0.25, -0.2) is 15.0 Å². The molecule has 1 saturated carbocycles. The second kappa shape index (κ2) is 5.42. The average Bonchev–Trinajstić information content (AvgIpc) is 2.89. The first-order valence-electron chi connectivity index (χ1n) is 7.22. The van der Waals surface area contributed by atoms with Crippen LogP contribution in [0, 0.1) is 0 Å². The first-order chi connectivity index (χ1) is 10.8. The van der Waals surface area contributed by atoms with Gasteiger partial charge in [-0.15, -0.1) is 0 Å². The molecule has 0 aliphatic heterocycles. The van der Waals surface area contributed by atoms with Crippen LogP contribution in [0.1, 0.15) is 12.8 Å². The molecule has 0 bridgehead atoms. The third-order valence-corrected chi connectivity index (χ3v) is 4.81. The topological polar surface area (TPSA) is 88.8 Å². The predicted molar refractivity (Wildman–Crippen MR) is 90.1 cm³/mol. The summed E-state index contributed by atoms with van der Waals surface area (Å²) in [6, 6.07) is 9.03. The Morgan fingerprint density at radius 1 is 1.14 bits per heavy atom. The number of fused-ring (bicyclic) bond motifs is 1. The number of thiazole rings is 1. The summed E-state index contributed by atoms with van der Waals surface area (Å²) in [7, 11) is 0. The lowest BCUT2D eigenvalue weighted by atomic mass is 9.87. The molecular weight excluding hydrogens is 296 g/mol. The summed E-state index contributed by atoms with van der Waals surface area (Å²) in [4.78, 5) is 12.7. The van der Waals surface area contributed by atoms with Crippen LogP contribution in [0.3, 0.4) is 0 Å². The SMILES string of the molecule is Nc1cncnc1N[C@H]1C[C@H](Nc2nc3ccccc3s2)C1. The van der Waals surface area contributed by atoms with E-state index in [0.29, 0.717) is 17.8 Å². The highest BCUT2D eigenvalue weighted by molar-refractivity contribution is 7.22. The molecule has 0 atom stereocenters. The zero-order valence-electron chi connectivity index (χ0n) is 11.9. The number of para-hydroxylation sites is 1. The first kappa shape index (κ1) is 13.3. The van der Waals surface area contributed by atoms with Gasteiger partial charge in [0.1, 0.15) is 6.33 Å². The largest absolute Gasteiger partial charge is 0.394 e. The molecule has 112 valence electrons. The average molecular weight is 312 g/mol. The van der Waals surface area contributed by atoms with Gasteiger partial charge in [-0.2, -0.15) is 0 Å². The van der Waals surface area contributed by atoms with Gasteiger partial charge in [0.05, 0.1) is 22.1 Å². The first-order valence-corrected chi connectivity index (χ1v) is 8.04. The fourth-order valence-electron chi connectivity index (χ4n) is 2.62. The number of nitrogens with zero attached hydrogens (tertiary/aromatic N) is 3. The number of aromatic nitrogens is 3. The van der Waals surface area contributed by atoms with Crippen LogP contribution in [0.5, 0.6) is 0 Å². The second-order valence-corrected chi connectivity index (χ2v) is 6.50. The number of nitrogen functional groups attached to an aromatic ring is 1. The number of anilines is 3. The number of benzene rings is 1. The zero-order chi connectivity index (χ0) is 14.9. The maximum Gasteiger partial charge on any atom is 0.184 e. The molecule has 3 aromatic rings. The van der Waals surface area contributed by atoms with Crippen LogP contribution in [0.4, 0.5) is 16.6 Å². The highest BCUT2D eigenvalue weighted by Crippen LogP contribution is 2.31.